The molecular weight excluding hydrogens is 583 g/mol. The normalized spacial score (nSPS) is 14.6. The molecule has 216 valence electrons. The van der Waals surface area contributed by atoms with Gasteiger partial charge in [-0.15, -0.1) is 0 Å². The molecule has 0 rings (SSSR count). The van der Waals surface area contributed by atoms with E-state index in [1.54, 1.807) is 0 Å². The van der Waals surface area contributed by atoms with Gasteiger partial charge in [-0.25, -0.2) is 0 Å². The van der Waals surface area contributed by atoms with Crippen LogP contribution in [0.25, 0.3) is 0 Å². The van der Waals surface area contributed by atoms with Crippen LogP contribution in [0.3, 0.4) is 0 Å². The van der Waals surface area contributed by atoms with Gasteiger partial charge in [-0.05, 0) is 0 Å². The van der Waals surface area contributed by atoms with E-state index >= 15 is 0 Å². The van der Waals surface area contributed by atoms with Gasteiger partial charge >= 0.3 is 235 Å². The summed E-state index contributed by atoms with van der Waals surface area (Å²) in [5.41, 5.74) is 0. The van der Waals surface area contributed by atoms with Crippen molar-refractivity contribution in [3.63, 3.8) is 0 Å². The minimum absolute atomic E-state index is 0.281. The quantitative estimate of drug-likeness (QED) is 0.0506. The second-order valence-corrected chi connectivity index (χ2v) is 37.9. The van der Waals surface area contributed by atoms with E-state index in [4.69, 9.17) is 13.9 Å². The van der Waals surface area contributed by atoms with Gasteiger partial charge in [0.25, 0.3) is 0 Å². The Balaban J connectivity index is 5.39. The van der Waals surface area contributed by atoms with Gasteiger partial charge in [0.2, 0.25) is 0 Å². The summed E-state index contributed by atoms with van der Waals surface area (Å²) >= 11 is -2.55. The molecule has 0 bridgehead atoms. The molecule has 0 amide bonds. The molecule has 0 saturated carbocycles. The van der Waals surface area contributed by atoms with Crippen molar-refractivity contribution in [3.05, 3.63) is 12.2 Å². The first kappa shape index (κ1) is 36.9. The van der Waals surface area contributed by atoms with Crippen molar-refractivity contribution in [2.24, 2.45) is 0 Å². The molecule has 1 atom stereocenters. The third-order valence-electron chi connectivity index (χ3n) is 8.11. The van der Waals surface area contributed by atoms with Gasteiger partial charge < -0.3 is 0 Å². The number of hydrogen-bond donors (Lipinski definition) is 0. The number of unbranched alkanes of at least 4 members (excludes halogenated alkanes) is 4. The molecular formula is C30H66O3Si2Sn. The summed E-state index contributed by atoms with van der Waals surface area (Å²) in [6.07, 6.45) is 15.1. The zero-order chi connectivity index (χ0) is 27.7. The molecule has 0 unspecified atom stereocenters. The van der Waals surface area contributed by atoms with Crippen molar-refractivity contribution >= 4 is 34.8 Å². The van der Waals surface area contributed by atoms with Crippen LogP contribution in [0.1, 0.15) is 92.9 Å². The maximum absolute atomic E-state index is 6.69. The fourth-order valence-corrected chi connectivity index (χ4v) is 22.6. The van der Waals surface area contributed by atoms with Gasteiger partial charge in [0.15, 0.2) is 0 Å². The standard InChI is InChI=1S/C18H39O3Si2.3C4H9.Sn/c1-18(2,3)23(7,8)21-14-12-10-9-11-13-19-17-20-15-16-22(4,5)6;3*1-3-4-2;/h9,11,13H,10,12,14-17H2,1-8H3;3*1,3-4H2,2H3;/b11-9+;;;;. The first-order chi connectivity index (χ1) is 16.7. The molecule has 0 aliphatic rings. The van der Waals surface area contributed by atoms with Crippen molar-refractivity contribution in [1.29, 1.82) is 0 Å². The molecule has 0 saturated heterocycles. The molecule has 0 aromatic rings. The molecule has 0 N–H and O–H groups in total. The second-order valence-electron chi connectivity index (χ2n) is 13.8. The Morgan fingerprint density at radius 2 is 1.31 bits per heavy atom. The Morgan fingerprint density at radius 3 is 1.75 bits per heavy atom. The van der Waals surface area contributed by atoms with E-state index in [-0.39, 0.29) is 5.04 Å². The van der Waals surface area contributed by atoms with E-state index in [2.05, 4.69) is 86.4 Å². The number of rotatable bonds is 22. The maximum atomic E-state index is 6.69. The average molecular weight is 650 g/mol. The molecule has 0 spiro atoms. The molecule has 6 heteroatoms. The summed E-state index contributed by atoms with van der Waals surface area (Å²) < 4.78 is 23.9. The van der Waals surface area contributed by atoms with Crippen LogP contribution in [-0.2, 0) is 13.9 Å². The van der Waals surface area contributed by atoms with Gasteiger partial charge in [0.1, 0.15) is 0 Å². The van der Waals surface area contributed by atoms with Crippen LogP contribution in [0, 0.1) is 0 Å². The summed E-state index contributed by atoms with van der Waals surface area (Å²) in [7, 11) is -2.73. The van der Waals surface area contributed by atoms with Crippen LogP contribution < -0.4 is 0 Å². The Kier molecular flexibility index (Phi) is 19.5. The number of ether oxygens (including phenoxy) is 2. The van der Waals surface area contributed by atoms with E-state index < -0.39 is 34.8 Å². The van der Waals surface area contributed by atoms with Crippen molar-refractivity contribution in [3.8, 4) is 0 Å². The third kappa shape index (κ3) is 16.1. The summed E-state index contributed by atoms with van der Waals surface area (Å²) in [6.45, 7) is 28.2. The summed E-state index contributed by atoms with van der Waals surface area (Å²) in [5, 5.41) is 0.281. The van der Waals surface area contributed by atoms with Crippen molar-refractivity contribution < 1.29 is 13.9 Å². The number of allylic oxidation sites excluding steroid dienone is 1. The Morgan fingerprint density at radius 1 is 0.778 bits per heavy atom. The zero-order valence-electron chi connectivity index (χ0n) is 26.6. The van der Waals surface area contributed by atoms with E-state index in [0.29, 0.717) is 10.9 Å². The van der Waals surface area contributed by atoms with Gasteiger partial charge in [-0.1, -0.05) is 0 Å². The fourth-order valence-electron chi connectivity index (χ4n) is 4.35. The van der Waals surface area contributed by atoms with Crippen LogP contribution in [0.15, 0.2) is 12.2 Å². The van der Waals surface area contributed by atoms with Crippen LogP contribution in [0.5, 0.6) is 0 Å². The first-order valence-electron chi connectivity index (χ1n) is 15.2. The van der Waals surface area contributed by atoms with E-state index in [1.807, 2.05) is 0 Å². The first-order valence-corrected chi connectivity index (χ1v) is 29.6. The summed E-state index contributed by atoms with van der Waals surface area (Å²) in [5.74, 6) is 0. The number of hydrogen-bond acceptors (Lipinski definition) is 3. The monoisotopic (exact) mass is 650 g/mol. The van der Waals surface area contributed by atoms with Gasteiger partial charge in [-0.2, -0.15) is 0 Å². The van der Waals surface area contributed by atoms with E-state index in [9.17, 15) is 0 Å². The molecule has 0 aromatic heterocycles. The van der Waals surface area contributed by atoms with Crippen molar-refractivity contribution in [2.45, 2.75) is 154 Å². The summed E-state index contributed by atoms with van der Waals surface area (Å²) in [6, 6.07) is 1.21. The van der Waals surface area contributed by atoms with Crippen LogP contribution >= 0.6 is 0 Å². The molecule has 0 heterocycles. The summed E-state index contributed by atoms with van der Waals surface area (Å²) in [4.78, 5) is 0. The van der Waals surface area contributed by atoms with E-state index in [1.165, 1.54) is 57.9 Å². The predicted molar refractivity (Wildman–Crippen MR) is 170 cm³/mol. The van der Waals surface area contributed by atoms with Gasteiger partial charge in [-0.3, -0.25) is 0 Å². The fraction of sp³-hybridized carbons (Fsp3) is 0.933. The SMILES string of the molecule is CCC[CH2][Sn]([CH2]CCC)([CH2]CCC)[C@H](/C=C/CCCO[Si](C)(C)C(C)(C)C)OCOCC[Si](C)(C)C. The Hall–Kier alpha value is 0.852. The zero-order valence-corrected chi connectivity index (χ0v) is 31.4. The van der Waals surface area contributed by atoms with Crippen molar-refractivity contribution in [1.82, 2.24) is 0 Å². The van der Waals surface area contributed by atoms with Crippen LogP contribution in [-0.4, -0.2) is 58.9 Å². The molecule has 0 fully saturated rings. The van der Waals surface area contributed by atoms with E-state index in [0.717, 1.165) is 26.1 Å². The predicted octanol–water partition coefficient (Wildman–Crippen LogP) is 10.4. The Labute approximate surface area is 233 Å². The van der Waals surface area contributed by atoms with Crippen molar-refractivity contribution in [2.75, 3.05) is 20.0 Å². The molecule has 0 aliphatic carbocycles. The molecule has 0 aromatic carbocycles. The van der Waals surface area contributed by atoms with Crippen LogP contribution in [0.4, 0.5) is 0 Å². The third-order valence-corrected chi connectivity index (χ3v) is 30.4. The van der Waals surface area contributed by atoms with Gasteiger partial charge in [0.05, 0.1) is 0 Å². The van der Waals surface area contributed by atoms with Crippen LogP contribution in [0.2, 0.25) is 57.1 Å². The molecule has 36 heavy (non-hydrogen) atoms. The molecule has 3 nitrogen and oxygen atoms in total. The minimum atomic E-state index is -2.55. The molecule has 0 aliphatic heterocycles. The second kappa shape index (κ2) is 19.0. The average Bonchev–Trinajstić information content (AvgIpc) is 2.78. The van der Waals surface area contributed by atoms with Gasteiger partial charge in [0, 0.05) is 0 Å². The Bertz CT molecular complexity index is 546. The molecule has 0 radical (unpaired) electrons. The topological polar surface area (TPSA) is 27.7 Å².